The van der Waals surface area contributed by atoms with E-state index in [1.165, 1.54) is 42.1 Å². The lowest BCUT2D eigenvalue weighted by molar-refractivity contribution is -0.123. The number of aryl methyl sites for hydroxylation is 1. The number of halogens is 2. The van der Waals surface area contributed by atoms with Crippen molar-refractivity contribution in [2.24, 2.45) is 0 Å². The number of hydrogen-bond donors (Lipinski definition) is 1. The van der Waals surface area contributed by atoms with Crippen molar-refractivity contribution in [2.45, 2.75) is 36.9 Å². The summed E-state index contributed by atoms with van der Waals surface area (Å²) in [7, 11) is 0. The van der Waals surface area contributed by atoms with E-state index in [0.717, 1.165) is 22.4 Å². The molecule has 5 nitrogen and oxygen atoms in total. The first-order chi connectivity index (χ1) is 16.6. The Labute approximate surface area is 207 Å². The Hall–Kier alpha value is -3.39. The summed E-state index contributed by atoms with van der Waals surface area (Å²) in [6, 6.07) is 17.0. The first-order valence-electron chi connectivity index (χ1n) is 11.3. The van der Waals surface area contributed by atoms with E-state index in [9.17, 15) is 18.4 Å². The third-order valence-corrected chi connectivity index (χ3v) is 7.85. The maximum atomic E-state index is 14.2. The predicted molar refractivity (Wildman–Crippen MR) is 134 cm³/mol. The molecule has 5 rings (SSSR count). The van der Waals surface area contributed by atoms with Crippen LogP contribution in [0, 0.1) is 18.6 Å². The van der Waals surface area contributed by atoms with Crippen LogP contribution in [0.15, 0.2) is 66.7 Å². The van der Waals surface area contributed by atoms with Gasteiger partial charge in [-0.05, 0) is 62.7 Å². The van der Waals surface area contributed by atoms with E-state index in [1.54, 1.807) is 28.0 Å². The van der Waals surface area contributed by atoms with Crippen LogP contribution in [-0.4, -0.2) is 28.1 Å². The second kappa shape index (κ2) is 8.37. The number of urea groups is 1. The highest BCUT2D eigenvalue weighted by Crippen LogP contribution is 2.60. The van der Waals surface area contributed by atoms with Crippen molar-refractivity contribution in [1.82, 2.24) is 4.90 Å². The molecule has 2 aliphatic heterocycles. The molecule has 180 valence electrons. The van der Waals surface area contributed by atoms with Crippen molar-refractivity contribution in [3.05, 3.63) is 95.1 Å². The molecular formula is C27H25F2N3O2S. The number of amides is 3. The molecule has 2 heterocycles. The number of carbonyl (C=O) groups excluding carboxylic acids is 2. The fraction of sp³-hybridized carbons (Fsp3) is 0.259. The van der Waals surface area contributed by atoms with Crippen LogP contribution >= 0.6 is 11.8 Å². The van der Waals surface area contributed by atoms with Gasteiger partial charge in [0.15, 0.2) is 4.87 Å². The normalized spacial score (nSPS) is 20.4. The Morgan fingerprint density at radius 2 is 1.77 bits per heavy atom. The highest BCUT2D eigenvalue weighted by molar-refractivity contribution is 8.02. The van der Waals surface area contributed by atoms with Crippen molar-refractivity contribution in [3.8, 4) is 0 Å². The van der Waals surface area contributed by atoms with E-state index < -0.39 is 21.5 Å². The molecule has 1 fully saturated rings. The molecule has 3 aromatic rings. The van der Waals surface area contributed by atoms with Gasteiger partial charge in [0.1, 0.15) is 11.6 Å². The summed E-state index contributed by atoms with van der Waals surface area (Å²) in [6.45, 7) is 6.52. The van der Waals surface area contributed by atoms with E-state index in [-0.39, 0.29) is 18.3 Å². The van der Waals surface area contributed by atoms with E-state index >= 15 is 0 Å². The molecule has 0 bridgehead atoms. The lowest BCUT2D eigenvalue weighted by Crippen LogP contribution is -2.51. The summed E-state index contributed by atoms with van der Waals surface area (Å²) in [5.41, 5.74) is 3.53. The van der Waals surface area contributed by atoms with E-state index in [4.69, 9.17) is 0 Å². The van der Waals surface area contributed by atoms with Crippen molar-refractivity contribution >= 4 is 35.1 Å². The molecule has 1 N–H and O–H groups in total. The van der Waals surface area contributed by atoms with E-state index in [0.29, 0.717) is 12.2 Å². The zero-order valence-corrected chi connectivity index (χ0v) is 20.5. The Kier molecular flexibility index (Phi) is 5.59. The number of nitrogens with one attached hydrogen (secondary N) is 1. The fourth-order valence-corrected chi connectivity index (χ4v) is 6.53. The molecule has 0 radical (unpaired) electrons. The number of rotatable bonds is 3. The van der Waals surface area contributed by atoms with Crippen LogP contribution in [0.1, 0.15) is 30.5 Å². The van der Waals surface area contributed by atoms with Crippen LogP contribution in [0.5, 0.6) is 0 Å². The van der Waals surface area contributed by atoms with Gasteiger partial charge in [-0.15, -0.1) is 11.8 Å². The van der Waals surface area contributed by atoms with Crippen LogP contribution in [0.25, 0.3) is 0 Å². The molecule has 3 aromatic carbocycles. The average Bonchev–Trinajstić information content (AvgIpc) is 3.21. The zero-order valence-electron chi connectivity index (χ0n) is 19.6. The summed E-state index contributed by atoms with van der Waals surface area (Å²) < 4.78 is 26.8. The van der Waals surface area contributed by atoms with Gasteiger partial charge in [-0.25, -0.2) is 13.6 Å². The summed E-state index contributed by atoms with van der Waals surface area (Å²) in [5, 5.41) is 2.77. The highest BCUT2D eigenvalue weighted by Gasteiger charge is 2.63. The molecule has 0 saturated carbocycles. The van der Waals surface area contributed by atoms with Crippen molar-refractivity contribution in [2.75, 3.05) is 16.8 Å². The Morgan fingerprint density at radius 1 is 1.03 bits per heavy atom. The minimum absolute atomic E-state index is 0.229. The molecule has 8 heteroatoms. The second-order valence-corrected chi connectivity index (χ2v) is 11.5. The summed E-state index contributed by atoms with van der Waals surface area (Å²) >= 11 is 1.44. The van der Waals surface area contributed by atoms with Gasteiger partial charge in [-0.1, -0.05) is 35.9 Å². The lowest BCUT2D eigenvalue weighted by atomic mass is 10.0. The first kappa shape index (κ1) is 23.4. The molecule has 0 aliphatic carbocycles. The van der Waals surface area contributed by atoms with Crippen LogP contribution < -0.4 is 10.2 Å². The van der Waals surface area contributed by atoms with Gasteiger partial charge in [0, 0.05) is 22.5 Å². The maximum Gasteiger partial charge on any atom is 0.323 e. The molecule has 1 spiro atoms. The van der Waals surface area contributed by atoms with E-state index in [1.807, 2.05) is 39.0 Å². The molecular weight excluding hydrogens is 468 g/mol. The predicted octanol–water partition coefficient (Wildman–Crippen LogP) is 6.03. The van der Waals surface area contributed by atoms with Gasteiger partial charge in [-0.2, -0.15) is 0 Å². The van der Waals surface area contributed by atoms with Gasteiger partial charge >= 0.3 is 6.03 Å². The summed E-state index contributed by atoms with van der Waals surface area (Å²) in [5.74, 6) is -1.04. The summed E-state index contributed by atoms with van der Waals surface area (Å²) in [4.78, 5) is 29.8. The summed E-state index contributed by atoms with van der Waals surface area (Å²) in [6.07, 6.45) is 0. The molecule has 35 heavy (non-hydrogen) atoms. The molecule has 0 unspecified atom stereocenters. The van der Waals surface area contributed by atoms with Gasteiger partial charge in [0.2, 0.25) is 0 Å². The van der Waals surface area contributed by atoms with Crippen molar-refractivity contribution < 1.29 is 18.4 Å². The monoisotopic (exact) mass is 493 g/mol. The molecule has 2 aliphatic rings. The number of carbonyl (C=O) groups is 2. The number of benzene rings is 3. The minimum Gasteiger partial charge on any atom is -0.308 e. The van der Waals surface area contributed by atoms with Gasteiger partial charge < -0.3 is 10.2 Å². The van der Waals surface area contributed by atoms with Gasteiger partial charge in [0.05, 0.1) is 12.2 Å². The fourth-order valence-electron chi connectivity index (χ4n) is 4.80. The SMILES string of the molecule is Cc1ccc2c(c1)[C@@]1(SC(C)(C)CN1C(=O)Nc1cccc(F)c1)C(=O)N2Cc1ccc(F)cc1. The Bertz CT molecular complexity index is 1330. The third-order valence-electron chi connectivity index (χ3n) is 6.26. The van der Waals surface area contributed by atoms with Crippen molar-refractivity contribution in [3.63, 3.8) is 0 Å². The van der Waals surface area contributed by atoms with Crippen LogP contribution in [0.2, 0.25) is 0 Å². The Balaban J connectivity index is 1.58. The molecule has 1 atom stereocenters. The largest absolute Gasteiger partial charge is 0.323 e. The second-order valence-electron chi connectivity index (χ2n) is 9.57. The van der Waals surface area contributed by atoms with Crippen LogP contribution in [-0.2, 0) is 16.2 Å². The van der Waals surface area contributed by atoms with E-state index in [2.05, 4.69) is 5.32 Å². The number of fused-ring (bicyclic) bond motifs is 2. The van der Waals surface area contributed by atoms with Gasteiger partial charge in [0.25, 0.3) is 5.91 Å². The average molecular weight is 494 g/mol. The molecule has 3 amide bonds. The lowest BCUT2D eigenvalue weighted by Gasteiger charge is -2.33. The quantitative estimate of drug-likeness (QED) is 0.485. The van der Waals surface area contributed by atoms with Crippen LogP contribution in [0.4, 0.5) is 25.0 Å². The minimum atomic E-state index is -1.28. The first-order valence-corrected chi connectivity index (χ1v) is 12.1. The zero-order chi connectivity index (χ0) is 25.0. The standard InChI is InChI=1S/C27H25F2N3O2S/c1-17-7-12-23-22(13-17)27(24(33)31(23)15-18-8-10-19(28)11-9-18)32(16-26(2,3)35-27)25(34)30-21-6-4-5-20(29)14-21/h4-14H,15-16H2,1-3H3,(H,30,34)/t27-/m1/s1. The molecule has 0 aromatic heterocycles. The highest BCUT2D eigenvalue weighted by atomic mass is 32.2. The van der Waals surface area contributed by atoms with Crippen LogP contribution in [0.3, 0.4) is 0 Å². The number of anilines is 2. The van der Waals surface area contributed by atoms with Gasteiger partial charge in [-0.3, -0.25) is 9.69 Å². The topological polar surface area (TPSA) is 52.7 Å². The smallest absolute Gasteiger partial charge is 0.308 e. The number of nitrogens with zero attached hydrogens (tertiary/aromatic N) is 2. The van der Waals surface area contributed by atoms with Crippen molar-refractivity contribution in [1.29, 1.82) is 0 Å². The Morgan fingerprint density at radius 3 is 2.49 bits per heavy atom. The third kappa shape index (κ3) is 4.05. The number of thioether (sulfide) groups is 1. The number of hydrogen-bond acceptors (Lipinski definition) is 3. The maximum absolute atomic E-state index is 14.2. The molecule has 1 saturated heterocycles.